The summed E-state index contributed by atoms with van der Waals surface area (Å²) < 4.78 is 12.0. The maximum atomic E-state index is 11.8. The van der Waals surface area contributed by atoms with Gasteiger partial charge in [0, 0.05) is 4.90 Å². The Morgan fingerprint density at radius 2 is 1.88 bits per heavy atom. The Kier molecular flexibility index (Phi) is 6.73. The van der Waals surface area contributed by atoms with E-state index in [0.717, 1.165) is 13.6 Å². The monoisotopic (exact) mass is 478 g/mol. The third-order valence-corrected chi connectivity index (χ3v) is 4.96. The van der Waals surface area contributed by atoms with Crippen molar-refractivity contribution in [3.05, 3.63) is 76.1 Å². The summed E-state index contributed by atoms with van der Waals surface area (Å²) in [5.41, 5.74) is 2.42. The van der Waals surface area contributed by atoms with Crippen molar-refractivity contribution in [3.63, 3.8) is 0 Å². The van der Waals surface area contributed by atoms with Gasteiger partial charge in [0.1, 0.15) is 11.5 Å². The molecular formula is C19H15IN2O3S. The van der Waals surface area contributed by atoms with E-state index in [-0.39, 0.29) is 12.5 Å². The van der Waals surface area contributed by atoms with Gasteiger partial charge in [-0.3, -0.25) is 4.79 Å². The van der Waals surface area contributed by atoms with E-state index in [0.29, 0.717) is 11.5 Å². The van der Waals surface area contributed by atoms with Crippen LogP contribution in [0.5, 0.6) is 5.75 Å². The van der Waals surface area contributed by atoms with Crippen LogP contribution in [0.15, 0.2) is 86.2 Å². The van der Waals surface area contributed by atoms with Crippen LogP contribution in [-0.4, -0.2) is 18.7 Å². The lowest BCUT2D eigenvalue weighted by Crippen LogP contribution is -2.24. The van der Waals surface area contributed by atoms with Crippen molar-refractivity contribution < 1.29 is 13.9 Å². The number of nitrogens with zero attached hydrogens (tertiary/aromatic N) is 1. The predicted molar refractivity (Wildman–Crippen MR) is 110 cm³/mol. The number of amides is 1. The van der Waals surface area contributed by atoms with Gasteiger partial charge in [-0.15, -0.1) is 0 Å². The van der Waals surface area contributed by atoms with Crippen LogP contribution in [0, 0.1) is 3.57 Å². The molecule has 0 atom stereocenters. The Balaban J connectivity index is 1.46. The van der Waals surface area contributed by atoms with Gasteiger partial charge in [0.05, 0.1) is 9.78 Å². The van der Waals surface area contributed by atoms with Crippen molar-refractivity contribution in [2.24, 2.45) is 5.10 Å². The Bertz CT molecular complexity index is 897. The number of hydrogen-bond acceptors (Lipinski definition) is 5. The van der Waals surface area contributed by atoms with Crippen LogP contribution in [0.4, 0.5) is 0 Å². The van der Waals surface area contributed by atoms with E-state index in [9.17, 15) is 4.79 Å². The van der Waals surface area contributed by atoms with Gasteiger partial charge >= 0.3 is 0 Å². The molecule has 0 radical (unpaired) electrons. The molecule has 0 unspecified atom stereocenters. The molecule has 1 amide bonds. The molecule has 3 aromatic rings. The molecule has 0 aliphatic heterocycles. The van der Waals surface area contributed by atoms with Crippen molar-refractivity contribution in [1.29, 1.82) is 0 Å². The van der Waals surface area contributed by atoms with Crippen LogP contribution >= 0.6 is 34.4 Å². The molecule has 26 heavy (non-hydrogen) atoms. The van der Waals surface area contributed by atoms with E-state index in [1.54, 1.807) is 6.07 Å². The predicted octanol–water partition coefficient (Wildman–Crippen LogP) is 4.56. The molecule has 0 fully saturated rings. The number of carbonyl (C=O) groups is 1. The van der Waals surface area contributed by atoms with E-state index < -0.39 is 0 Å². The number of para-hydroxylation sites is 1. The van der Waals surface area contributed by atoms with E-state index in [4.69, 9.17) is 9.15 Å². The molecule has 1 aromatic heterocycles. The lowest BCUT2D eigenvalue weighted by molar-refractivity contribution is -0.123. The van der Waals surface area contributed by atoms with Crippen molar-refractivity contribution >= 4 is 46.5 Å². The average molecular weight is 478 g/mol. The summed E-state index contributed by atoms with van der Waals surface area (Å²) >= 11 is 3.67. The normalized spacial score (nSPS) is 10.8. The highest BCUT2D eigenvalue weighted by atomic mass is 127. The molecule has 5 nitrogen and oxygen atoms in total. The second-order valence-electron chi connectivity index (χ2n) is 5.08. The first-order chi connectivity index (χ1) is 12.7. The summed E-state index contributed by atoms with van der Waals surface area (Å²) in [6.45, 7) is -0.107. The SMILES string of the molecule is O=C(COc1ccccc1I)N/N=C/c1ccc(Sc2ccccc2)o1. The molecule has 0 spiro atoms. The first-order valence-electron chi connectivity index (χ1n) is 7.73. The van der Waals surface area contributed by atoms with Crippen LogP contribution in [0.1, 0.15) is 5.76 Å². The molecular weight excluding hydrogens is 463 g/mol. The molecule has 0 bridgehead atoms. The molecule has 1 N–H and O–H groups in total. The topological polar surface area (TPSA) is 63.8 Å². The summed E-state index contributed by atoms with van der Waals surface area (Å²) in [5, 5.41) is 4.64. The van der Waals surface area contributed by atoms with Crippen LogP contribution in [0.2, 0.25) is 0 Å². The smallest absolute Gasteiger partial charge is 0.277 e. The minimum atomic E-state index is -0.341. The van der Waals surface area contributed by atoms with Gasteiger partial charge in [-0.2, -0.15) is 5.10 Å². The summed E-state index contributed by atoms with van der Waals surface area (Å²) in [6.07, 6.45) is 1.46. The van der Waals surface area contributed by atoms with Crippen LogP contribution in [0.25, 0.3) is 0 Å². The molecule has 2 aromatic carbocycles. The lowest BCUT2D eigenvalue weighted by Gasteiger charge is -2.06. The standard InChI is InChI=1S/C19H15IN2O3S/c20-16-8-4-5-9-17(16)24-13-18(23)22-21-12-14-10-11-19(25-14)26-15-6-2-1-3-7-15/h1-12H,13H2,(H,22,23)/b21-12+. The van der Waals surface area contributed by atoms with Crippen molar-refractivity contribution in [2.45, 2.75) is 9.99 Å². The number of carbonyl (C=O) groups excluding carboxylic acids is 1. The summed E-state index contributed by atoms with van der Waals surface area (Å²) in [4.78, 5) is 12.9. The van der Waals surface area contributed by atoms with E-state index in [2.05, 4.69) is 33.1 Å². The minimum Gasteiger partial charge on any atom is -0.483 e. The van der Waals surface area contributed by atoms with Crippen molar-refractivity contribution in [2.75, 3.05) is 6.61 Å². The first-order valence-corrected chi connectivity index (χ1v) is 9.62. The number of rotatable bonds is 7. The molecule has 0 saturated carbocycles. The maximum absolute atomic E-state index is 11.8. The van der Waals surface area contributed by atoms with E-state index in [1.165, 1.54) is 18.0 Å². The van der Waals surface area contributed by atoms with Crippen LogP contribution < -0.4 is 10.2 Å². The summed E-state index contributed by atoms with van der Waals surface area (Å²) in [6, 6.07) is 21.1. The highest BCUT2D eigenvalue weighted by molar-refractivity contribution is 14.1. The molecule has 0 aliphatic rings. The van der Waals surface area contributed by atoms with Crippen molar-refractivity contribution in [1.82, 2.24) is 5.43 Å². The largest absolute Gasteiger partial charge is 0.483 e. The number of ether oxygens (including phenoxy) is 1. The van der Waals surface area contributed by atoms with Crippen molar-refractivity contribution in [3.8, 4) is 5.75 Å². The Hall–Kier alpha value is -2.26. The fraction of sp³-hybridized carbons (Fsp3) is 0.0526. The van der Waals surface area contributed by atoms with Gasteiger partial charge in [0.15, 0.2) is 11.7 Å². The summed E-state index contributed by atoms with van der Waals surface area (Å²) in [7, 11) is 0. The number of nitrogens with one attached hydrogen (secondary N) is 1. The molecule has 0 saturated heterocycles. The van der Waals surface area contributed by atoms with E-state index >= 15 is 0 Å². The van der Waals surface area contributed by atoms with Gasteiger partial charge < -0.3 is 9.15 Å². The second kappa shape index (κ2) is 9.44. The Morgan fingerprint density at radius 1 is 1.12 bits per heavy atom. The molecule has 1 heterocycles. The number of furan rings is 1. The highest BCUT2D eigenvalue weighted by Crippen LogP contribution is 2.28. The number of benzene rings is 2. The van der Waals surface area contributed by atoms with Gasteiger partial charge in [-0.25, -0.2) is 5.43 Å². The minimum absolute atomic E-state index is 0.107. The first kappa shape index (κ1) is 18.5. The fourth-order valence-corrected chi connectivity index (χ4v) is 3.31. The lowest BCUT2D eigenvalue weighted by atomic mass is 10.3. The number of halogens is 1. The molecule has 7 heteroatoms. The van der Waals surface area contributed by atoms with Gasteiger partial charge in [0.25, 0.3) is 5.91 Å². The third-order valence-electron chi connectivity index (χ3n) is 3.14. The van der Waals surface area contributed by atoms with Crippen LogP contribution in [0.3, 0.4) is 0 Å². The quantitative estimate of drug-likeness (QED) is 0.307. The van der Waals surface area contributed by atoms with Gasteiger partial charge in [-0.05, 0) is 59.0 Å². The number of hydrogen-bond donors (Lipinski definition) is 1. The fourth-order valence-electron chi connectivity index (χ4n) is 1.97. The average Bonchev–Trinajstić information content (AvgIpc) is 3.09. The molecule has 3 rings (SSSR count). The molecule has 0 aliphatic carbocycles. The Morgan fingerprint density at radius 3 is 2.69 bits per heavy atom. The van der Waals surface area contributed by atoms with Crippen LogP contribution in [-0.2, 0) is 4.79 Å². The summed E-state index contributed by atoms with van der Waals surface area (Å²) in [5.74, 6) is 0.884. The maximum Gasteiger partial charge on any atom is 0.277 e. The number of hydrazone groups is 1. The van der Waals surface area contributed by atoms with Gasteiger partial charge in [-0.1, -0.05) is 42.1 Å². The zero-order valence-corrected chi connectivity index (χ0v) is 16.6. The van der Waals surface area contributed by atoms with E-state index in [1.807, 2.05) is 60.7 Å². The molecule has 132 valence electrons. The zero-order chi connectivity index (χ0) is 18.2. The second-order valence-corrected chi connectivity index (χ2v) is 7.32. The Labute approximate surface area is 169 Å². The zero-order valence-electron chi connectivity index (χ0n) is 13.6. The third kappa shape index (κ3) is 5.63. The van der Waals surface area contributed by atoms with Gasteiger partial charge in [0.2, 0.25) is 0 Å². The highest BCUT2D eigenvalue weighted by Gasteiger charge is 2.05.